The molecule has 1 amide bonds. The number of aromatic nitrogens is 2. The SMILES string of the molecule is Cc1ccc(C(=O)NC2CC2)cc1-n1ccnc(NCC(C)(C)C)c1=O. The number of hydrogen-bond acceptors (Lipinski definition) is 4. The number of aryl methyl sites for hydroxylation is 1. The molecule has 0 saturated heterocycles. The quantitative estimate of drug-likeness (QED) is 0.866. The Balaban J connectivity index is 1.92. The number of amides is 1. The first-order valence-corrected chi connectivity index (χ1v) is 8.98. The van der Waals surface area contributed by atoms with Crippen LogP contribution in [0.3, 0.4) is 0 Å². The highest BCUT2D eigenvalue weighted by Gasteiger charge is 2.24. The van der Waals surface area contributed by atoms with Gasteiger partial charge in [-0.3, -0.25) is 14.2 Å². The van der Waals surface area contributed by atoms with Crippen LogP contribution in [0.4, 0.5) is 5.82 Å². The lowest BCUT2D eigenvalue weighted by atomic mass is 9.97. The van der Waals surface area contributed by atoms with Crippen molar-refractivity contribution in [2.45, 2.75) is 46.6 Å². The second-order valence-corrected chi connectivity index (χ2v) is 8.11. The third kappa shape index (κ3) is 4.31. The van der Waals surface area contributed by atoms with Crippen LogP contribution in [0.2, 0.25) is 0 Å². The maximum Gasteiger partial charge on any atom is 0.297 e. The van der Waals surface area contributed by atoms with Gasteiger partial charge in [0.1, 0.15) is 0 Å². The van der Waals surface area contributed by atoms with Gasteiger partial charge in [-0.25, -0.2) is 4.98 Å². The van der Waals surface area contributed by atoms with Crippen molar-refractivity contribution in [3.8, 4) is 5.69 Å². The summed E-state index contributed by atoms with van der Waals surface area (Å²) in [6, 6.07) is 5.72. The summed E-state index contributed by atoms with van der Waals surface area (Å²) in [6.45, 7) is 8.84. The zero-order valence-corrected chi connectivity index (χ0v) is 15.8. The van der Waals surface area contributed by atoms with E-state index in [0.717, 1.165) is 18.4 Å². The first-order valence-electron chi connectivity index (χ1n) is 8.98. The van der Waals surface area contributed by atoms with E-state index in [9.17, 15) is 9.59 Å². The highest BCUT2D eigenvalue weighted by molar-refractivity contribution is 5.95. The largest absolute Gasteiger partial charge is 0.365 e. The fraction of sp³-hybridized carbons (Fsp3) is 0.450. The van der Waals surface area contributed by atoms with Crippen LogP contribution in [0.25, 0.3) is 5.69 Å². The van der Waals surface area contributed by atoms with Crippen LogP contribution >= 0.6 is 0 Å². The monoisotopic (exact) mass is 354 g/mol. The third-order valence-electron chi connectivity index (χ3n) is 4.27. The zero-order chi connectivity index (χ0) is 18.9. The van der Waals surface area contributed by atoms with Gasteiger partial charge in [-0.15, -0.1) is 0 Å². The summed E-state index contributed by atoms with van der Waals surface area (Å²) in [7, 11) is 0. The number of rotatable bonds is 5. The van der Waals surface area contributed by atoms with E-state index >= 15 is 0 Å². The van der Waals surface area contributed by atoms with Gasteiger partial charge in [0, 0.05) is 30.5 Å². The van der Waals surface area contributed by atoms with Crippen molar-refractivity contribution in [2.24, 2.45) is 5.41 Å². The Morgan fingerprint density at radius 3 is 2.69 bits per heavy atom. The fourth-order valence-electron chi connectivity index (χ4n) is 2.58. The molecule has 0 spiro atoms. The normalized spacial score (nSPS) is 14.2. The van der Waals surface area contributed by atoms with E-state index in [-0.39, 0.29) is 16.9 Å². The van der Waals surface area contributed by atoms with Crippen LogP contribution in [-0.4, -0.2) is 28.0 Å². The van der Waals surface area contributed by atoms with Gasteiger partial charge in [0.25, 0.3) is 11.5 Å². The van der Waals surface area contributed by atoms with Gasteiger partial charge in [-0.05, 0) is 42.9 Å². The number of nitrogens with one attached hydrogen (secondary N) is 2. The lowest BCUT2D eigenvalue weighted by Gasteiger charge is -2.19. The topological polar surface area (TPSA) is 76.0 Å². The molecule has 26 heavy (non-hydrogen) atoms. The molecule has 0 atom stereocenters. The van der Waals surface area contributed by atoms with Crippen LogP contribution in [0, 0.1) is 12.3 Å². The van der Waals surface area contributed by atoms with E-state index in [1.54, 1.807) is 29.1 Å². The molecule has 1 aliphatic carbocycles. The summed E-state index contributed by atoms with van der Waals surface area (Å²) >= 11 is 0. The van der Waals surface area contributed by atoms with Crippen LogP contribution in [0.5, 0.6) is 0 Å². The maximum absolute atomic E-state index is 12.8. The molecule has 2 N–H and O–H groups in total. The lowest BCUT2D eigenvalue weighted by Crippen LogP contribution is -2.28. The molecule has 0 bridgehead atoms. The van der Waals surface area contributed by atoms with E-state index in [1.165, 1.54) is 0 Å². The molecular weight excluding hydrogens is 328 g/mol. The smallest absolute Gasteiger partial charge is 0.297 e. The molecule has 0 unspecified atom stereocenters. The molecule has 6 nitrogen and oxygen atoms in total. The van der Waals surface area contributed by atoms with Gasteiger partial charge in [-0.1, -0.05) is 26.8 Å². The van der Waals surface area contributed by atoms with Gasteiger partial charge in [0.2, 0.25) is 0 Å². The van der Waals surface area contributed by atoms with Gasteiger partial charge in [0.05, 0.1) is 5.69 Å². The number of benzene rings is 1. The number of hydrogen-bond donors (Lipinski definition) is 2. The molecule has 1 aliphatic rings. The molecule has 0 radical (unpaired) electrons. The Morgan fingerprint density at radius 2 is 2.04 bits per heavy atom. The Morgan fingerprint density at radius 1 is 1.31 bits per heavy atom. The second-order valence-electron chi connectivity index (χ2n) is 8.11. The summed E-state index contributed by atoms with van der Waals surface area (Å²) in [4.78, 5) is 29.4. The van der Waals surface area contributed by atoms with Gasteiger partial charge in [0.15, 0.2) is 5.82 Å². The van der Waals surface area contributed by atoms with Crippen molar-refractivity contribution in [3.63, 3.8) is 0 Å². The van der Waals surface area contributed by atoms with Crippen molar-refractivity contribution < 1.29 is 4.79 Å². The first-order chi connectivity index (χ1) is 12.2. The molecule has 138 valence electrons. The summed E-state index contributed by atoms with van der Waals surface area (Å²) in [5.41, 5.74) is 1.98. The fourth-order valence-corrected chi connectivity index (χ4v) is 2.58. The zero-order valence-electron chi connectivity index (χ0n) is 15.8. The minimum absolute atomic E-state index is 0.0333. The van der Waals surface area contributed by atoms with E-state index in [1.807, 2.05) is 13.0 Å². The molecule has 2 aromatic rings. The lowest BCUT2D eigenvalue weighted by molar-refractivity contribution is 0.0951. The van der Waals surface area contributed by atoms with E-state index in [2.05, 4.69) is 36.4 Å². The van der Waals surface area contributed by atoms with Crippen molar-refractivity contribution in [2.75, 3.05) is 11.9 Å². The van der Waals surface area contributed by atoms with Crippen LogP contribution < -0.4 is 16.2 Å². The second kappa shape index (κ2) is 6.94. The number of anilines is 1. The standard InChI is InChI=1S/C20H26N4O2/c1-13-5-6-14(18(25)23-15-7-8-15)11-16(13)24-10-9-21-17(19(24)26)22-12-20(2,3)4/h5-6,9-11,15H,7-8,12H2,1-4H3,(H,21,22)(H,23,25). The van der Waals surface area contributed by atoms with Crippen molar-refractivity contribution in [1.82, 2.24) is 14.9 Å². The van der Waals surface area contributed by atoms with Crippen LogP contribution in [0.1, 0.15) is 49.5 Å². The minimum Gasteiger partial charge on any atom is -0.365 e. The molecule has 1 aromatic carbocycles. The third-order valence-corrected chi connectivity index (χ3v) is 4.27. The highest BCUT2D eigenvalue weighted by atomic mass is 16.2. The predicted molar refractivity (Wildman–Crippen MR) is 103 cm³/mol. The Hall–Kier alpha value is -2.63. The molecule has 1 fully saturated rings. The Labute approximate surface area is 153 Å². The molecule has 0 aliphatic heterocycles. The Bertz CT molecular complexity index is 876. The molecule has 1 aromatic heterocycles. The maximum atomic E-state index is 12.8. The average Bonchev–Trinajstić information content (AvgIpc) is 3.38. The summed E-state index contributed by atoms with van der Waals surface area (Å²) in [6.07, 6.45) is 5.31. The molecule has 6 heteroatoms. The van der Waals surface area contributed by atoms with E-state index in [0.29, 0.717) is 29.7 Å². The van der Waals surface area contributed by atoms with Crippen LogP contribution in [-0.2, 0) is 0 Å². The highest BCUT2D eigenvalue weighted by Crippen LogP contribution is 2.21. The van der Waals surface area contributed by atoms with Gasteiger partial charge in [-0.2, -0.15) is 0 Å². The Kier molecular flexibility index (Phi) is 4.85. The van der Waals surface area contributed by atoms with Crippen molar-refractivity contribution in [1.29, 1.82) is 0 Å². The van der Waals surface area contributed by atoms with Gasteiger partial charge >= 0.3 is 0 Å². The number of carbonyl (C=O) groups excluding carboxylic acids is 1. The summed E-state index contributed by atoms with van der Waals surface area (Å²) in [5, 5.41) is 6.11. The molecular formula is C20H26N4O2. The molecule has 1 heterocycles. The van der Waals surface area contributed by atoms with Crippen molar-refractivity contribution in [3.05, 3.63) is 52.1 Å². The van der Waals surface area contributed by atoms with E-state index in [4.69, 9.17) is 0 Å². The number of nitrogens with zero attached hydrogens (tertiary/aromatic N) is 2. The van der Waals surface area contributed by atoms with Crippen molar-refractivity contribution >= 4 is 11.7 Å². The van der Waals surface area contributed by atoms with E-state index < -0.39 is 0 Å². The van der Waals surface area contributed by atoms with Gasteiger partial charge < -0.3 is 10.6 Å². The summed E-state index contributed by atoms with van der Waals surface area (Å²) < 4.78 is 1.54. The average molecular weight is 354 g/mol. The number of carbonyl (C=O) groups is 1. The minimum atomic E-state index is -0.223. The van der Waals surface area contributed by atoms with Crippen LogP contribution in [0.15, 0.2) is 35.4 Å². The summed E-state index contributed by atoms with van der Waals surface area (Å²) in [5.74, 6) is 0.219. The first kappa shape index (κ1) is 18.2. The molecule has 1 saturated carbocycles. The predicted octanol–water partition coefficient (Wildman–Crippen LogP) is 2.89. The molecule has 3 rings (SSSR count).